The molecular formula is C16H21BrN4. The predicted molar refractivity (Wildman–Crippen MR) is 87.2 cm³/mol. The average Bonchev–Trinajstić information content (AvgIpc) is 2.91. The van der Waals surface area contributed by atoms with Crippen LogP contribution in [0.2, 0.25) is 0 Å². The summed E-state index contributed by atoms with van der Waals surface area (Å²) in [7, 11) is 0. The van der Waals surface area contributed by atoms with Gasteiger partial charge < -0.3 is 5.73 Å². The van der Waals surface area contributed by atoms with Gasteiger partial charge in [-0.25, -0.2) is 4.68 Å². The van der Waals surface area contributed by atoms with E-state index in [-0.39, 0.29) is 0 Å². The Kier molecular flexibility index (Phi) is 4.40. The molecule has 1 aliphatic rings. The molecule has 0 radical (unpaired) electrons. The van der Waals surface area contributed by atoms with E-state index in [0.717, 1.165) is 29.6 Å². The van der Waals surface area contributed by atoms with E-state index >= 15 is 0 Å². The number of aromatic nitrogens is 3. The molecule has 0 bridgehead atoms. The van der Waals surface area contributed by atoms with Crippen molar-refractivity contribution < 1.29 is 0 Å². The van der Waals surface area contributed by atoms with Gasteiger partial charge in [0, 0.05) is 22.6 Å². The van der Waals surface area contributed by atoms with E-state index in [1.165, 1.54) is 24.0 Å². The van der Waals surface area contributed by atoms with Crippen molar-refractivity contribution >= 4 is 15.9 Å². The normalized spacial score (nSPS) is 22.4. The molecule has 1 saturated carbocycles. The van der Waals surface area contributed by atoms with Crippen LogP contribution >= 0.6 is 15.9 Å². The zero-order chi connectivity index (χ0) is 14.8. The molecule has 2 aromatic rings. The number of hydrogen-bond donors (Lipinski definition) is 1. The first-order valence-electron chi connectivity index (χ1n) is 7.52. The van der Waals surface area contributed by atoms with E-state index in [9.17, 15) is 0 Å². The van der Waals surface area contributed by atoms with Crippen molar-refractivity contribution in [3.8, 4) is 0 Å². The van der Waals surface area contributed by atoms with E-state index in [1.54, 1.807) is 0 Å². The third kappa shape index (κ3) is 3.52. The van der Waals surface area contributed by atoms with Crippen LogP contribution in [0, 0.1) is 6.92 Å². The minimum absolute atomic E-state index is 0.320. The molecule has 0 amide bonds. The minimum atomic E-state index is 0.320. The van der Waals surface area contributed by atoms with Gasteiger partial charge in [0.05, 0.1) is 12.2 Å². The topological polar surface area (TPSA) is 56.7 Å². The lowest BCUT2D eigenvalue weighted by atomic mass is 9.84. The summed E-state index contributed by atoms with van der Waals surface area (Å²) in [4.78, 5) is 0. The number of hydrogen-bond acceptors (Lipinski definition) is 3. The highest BCUT2D eigenvalue weighted by Gasteiger charge is 2.23. The monoisotopic (exact) mass is 348 g/mol. The zero-order valence-electron chi connectivity index (χ0n) is 12.3. The summed E-state index contributed by atoms with van der Waals surface area (Å²) < 4.78 is 3.05. The summed E-state index contributed by atoms with van der Waals surface area (Å²) in [5.74, 6) is 0.476. The van der Waals surface area contributed by atoms with Gasteiger partial charge in [-0.15, -0.1) is 5.10 Å². The summed E-state index contributed by atoms with van der Waals surface area (Å²) in [6.07, 6.45) is 6.63. The summed E-state index contributed by atoms with van der Waals surface area (Å²) in [5, 5.41) is 8.64. The standard InChI is InChI=1S/C16H21BrN4/c1-11-5-6-13(15(17)7-11)9-21-10-16(19-20-21)12-3-2-4-14(18)8-12/h5-7,10,12,14H,2-4,8-9,18H2,1H3/t12-,14+/m1/s1. The van der Waals surface area contributed by atoms with Crippen LogP contribution in [0.4, 0.5) is 0 Å². The number of nitrogens with zero attached hydrogens (tertiary/aromatic N) is 3. The molecular weight excluding hydrogens is 328 g/mol. The van der Waals surface area contributed by atoms with Crippen molar-refractivity contribution in [2.24, 2.45) is 5.73 Å². The molecule has 5 heteroatoms. The Hall–Kier alpha value is -1.20. The number of halogens is 1. The van der Waals surface area contributed by atoms with Crippen molar-refractivity contribution in [2.45, 2.75) is 51.1 Å². The third-order valence-corrected chi connectivity index (χ3v) is 4.97. The second-order valence-electron chi connectivity index (χ2n) is 6.06. The molecule has 1 heterocycles. The van der Waals surface area contributed by atoms with Crippen molar-refractivity contribution in [3.63, 3.8) is 0 Å². The number of aryl methyl sites for hydroxylation is 1. The van der Waals surface area contributed by atoms with E-state index in [4.69, 9.17) is 5.73 Å². The molecule has 2 N–H and O–H groups in total. The molecule has 3 rings (SSSR count). The molecule has 0 aliphatic heterocycles. The number of nitrogens with two attached hydrogens (primary N) is 1. The summed E-state index contributed by atoms with van der Waals surface area (Å²) in [6.45, 7) is 2.83. The van der Waals surface area contributed by atoms with Crippen LogP contribution in [0.5, 0.6) is 0 Å². The van der Waals surface area contributed by atoms with Crippen LogP contribution in [-0.2, 0) is 6.54 Å². The van der Waals surface area contributed by atoms with Crippen molar-refractivity contribution in [3.05, 3.63) is 45.7 Å². The minimum Gasteiger partial charge on any atom is -0.328 e. The van der Waals surface area contributed by atoms with Crippen molar-refractivity contribution in [1.82, 2.24) is 15.0 Å². The van der Waals surface area contributed by atoms with Gasteiger partial charge in [0.2, 0.25) is 0 Å². The van der Waals surface area contributed by atoms with Gasteiger partial charge in [0.15, 0.2) is 0 Å². The van der Waals surface area contributed by atoms with Gasteiger partial charge >= 0.3 is 0 Å². The van der Waals surface area contributed by atoms with Crippen LogP contribution in [0.25, 0.3) is 0 Å². The quantitative estimate of drug-likeness (QED) is 0.924. The summed E-state index contributed by atoms with van der Waals surface area (Å²) in [5.41, 5.74) is 9.63. The lowest BCUT2D eigenvalue weighted by Crippen LogP contribution is -2.26. The summed E-state index contributed by atoms with van der Waals surface area (Å²) >= 11 is 3.62. The molecule has 112 valence electrons. The maximum Gasteiger partial charge on any atom is 0.0858 e. The Morgan fingerprint density at radius 2 is 2.24 bits per heavy atom. The van der Waals surface area contributed by atoms with E-state index < -0.39 is 0 Å². The Bertz CT molecular complexity index is 622. The lowest BCUT2D eigenvalue weighted by Gasteiger charge is -2.24. The highest BCUT2D eigenvalue weighted by Crippen LogP contribution is 2.30. The van der Waals surface area contributed by atoms with Crippen molar-refractivity contribution in [2.75, 3.05) is 0 Å². The first kappa shape index (κ1) is 14.7. The fraction of sp³-hybridized carbons (Fsp3) is 0.500. The molecule has 1 aromatic carbocycles. The second-order valence-corrected chi connectivity index (χ2v) is 6.91. The first-order chi connectivity index (χ1) is 10.1. The highest BCUT2D eigenvalue weighted by atomic mass is 79.9. The Morgan fingerprint density at radius 1 is 1.38 bits per heavy atom. The third-order valence-electron chi connectivity index (χ3n) is 4.23. The predicted octanol–water partition coefficient (Wildman–Crippen LogP) is 3.38. The van der Waals surface area contributed by atoms with Gasteiger partial charge in [-0.1, -0.05) is 39.7 Å². The maximum absolute atomic E-state index is 6.07. The molecule has 0 spiro atoms. The largest absolute Gasteiger partial charge is 0.328 e. The van der Waals surface area contributed by atoms with E-state index in [2.05, 4.69) is 57.6 Å². The lowest BCUT2D eigenvalue weighted by molar-refractivity contribution is 0.388. The Labute approximate surface area is 133 Å². The molecule has 0 saturated heterocycles. The van der Waals surface area contributed by atoms with Gasteiger partial charge in [-0.05, 0) is 43.4 Å². The molecule has 2 atom stereocenters. The number of benzene rings is 1. The molecule has 1 fully saturated rings. The smallest absolute Gasteiger partial charge is 0.0858 e. The molecule has 1 aliphatic carbocycles. The van der Waals surface area contributed by atoms with E-state index in [0.29, 0.717) is 12.0 Å². The second kappa shape index (κ2) is 6.28. The molecule has 4 nitrogen and oxygen atoms in total. The first-order valence-corrected chi connectivity index (χ1v) is 8.32. The molecule has 21 heavy (non-hydrogen) atoms. The average molecular weight is 349 g/mol. The van der Waals surface area contributed by atoms with Gasteiger partial charge in [-0.3, -0.25) is 0 Å². The van der Waals surface area contributed by atoms with Crippen LogP contribution in [0.3, 0.4) is 0 Å². The van der Waals surface area contributed by atoms with Crippen molar-refractivity contribution in [1.29, 1.82) is 0 Å². The Morgan fingerprint density at radius 3 is 3.00 bits per heavy atom. The fourth-order valence-electron chi connectivity index (χ4n) is 3.03. The summed E-state index contributed by atoms with van der Waals surface area (Å²) in [6, 6.07) is 6.71. The van der Waals surface area contributed by atoms with Crippen LogP contribution in [0.15, 0.2) is 28.9 Å². The molecule has 0 unspecified atom stereocenters. The fourth-order valence-corrected chi connectivity index (χ4v) is 3.65. The number of rotatable bonds is 3. The van der Waals surface area contributed by atoms with Gasteiger partial charge in [-0.2, -0.15) is 0 Å². The zero-order valence-corrected chi connectivity index (χ0v) is 13.9. The van der Waals surface area contributed by atoms with Gasteiger partial charge in [0.1, 0.15) is 0 Å². The van der Waals surface area contributed by atoms with Crippen LogP contribution in [0.1, 0.15) is 48.4 Å². The van der Waals surface area contributed by atoms with Gasteiger partial charge in [0.25, 0.3) is 0 Å². The van der Waals surface area contributed by atoms with Crippen LogP contribution < -0.4 is 5.73 Å². The highest BCUT2D eigenvalue weighted by molar-refractivity contribution is 9.10. The van der Waals surface area contributed by atoms with E-state index in [1.807, 2.05) is 4.68 Å². The van der Waals surface area contributed by atoms with Crippen LogP contribution in [-0.4, -0.2) is 21.0 Å². The molecule has 1 aromatic heterocycles. The Balaban J connectivity index is 1.72. The maximum atomic E-state index is 6.07. The SMILES string of the molecule is Cc1ccc(Cn2cc([C@@H]3CCC[C@H](N)C3)nn2)c(Br)c1.